The molecule has 1 aliphatic rings. The van der Waals surface area contributed by atoms with Gasteiger partial charge in [-0.25, -0.2) is 4.98 Å². The van der Waals surface area contributed by atoms with Crippen molar-refractivity contribution in [2.45, 2.75) is 96.3 Å². The number of rotatable bonds is 6. The summed E-state index contributed by atoms with van der Waals surface area (Å²) >= 11 is -1.90. The van der Waals surface area contributed by atoms with Crippen LogP contribution in [0, 0.1) is 38.8 Å². The number of hydrogen-bond donors (Lipinski definition) is 0. The van der Waals surface area contributed by atoms with Gasteiger partial charge in [-0.1, -0.05) is 41.8 Å². The molecule has 7 rings (SSSR count). The third-order valence-corrected chi connectivity index (χ3v) is 13.7. The molecule has 257 valence electrons. The van der Waals surface area contributed by atoms with Gasteiger partial charge in [-0.2, -0.15) is 0 Å². The van der Waals surface area contributed by atoms with Gasteiger partial charge in [0.1, 0.15) is 0 Å². The number of aryl methyl sites for hydroxylation is 3. The summed E-state index contributed by atoms with van der Waals surface area (Å²) < 4.78 is 7.65. The van der Waals surface area contributed by atoms with Crippen molar-refractivity contribution in [3.63, 3.8) is 0 Å². The van der Waals surface area contributed by atoms with Crippen molar-refractivity contribution in [2.75, 3.05) is 0 Å². The fourth-order valence-corrected chi connectivity index (χ4v) is 10.3. The zero-order valence-corrected chi connectivity index (χ0v) is 34.7. The van der Waals surface area contributed by atoms with Crippen LogP contribution in [0.1, 0.15) is 80.1 Å². The summed E-state index contributed by atoms with van der Waals surface area (Å²) in [6.07, 6.45) is 11.8. The minimum absolute atomic E-state index is 0. The van der Waals surface area contributed by atoms with Gasteiger partial charge in [0.25, 0.3) is 0 Å². The molecule has 0 atom stereocenters. The number of aromatic nitrogens is 4. The number of hydrogen-bond acceptors (Lipinski definition) is 5. The molecule has 5 nitrogen and oxygen atoms in total. The van der Waals surface area contributed by atoms with E-state index >= 15 is 0 Å². The van der Waals surface area contributed by atoms with E-state index in [0.717, 1.165) is 62.4 Å². The van der Waals surface area contributed by atoms with Crippen molar-refractivity contribution in [3.05, 3.63) is 101 Å². The first-order chi connectivity index (χ1) is 23.0. The second-order valence-corrected chi connectivity index (χ2v) is 25.5. The second kappa shape index (κ2) is 15.8. The van der Waals surface area contributed by atoms with E-state index in [4.69, 9.17) is 9.40 Å². The molecule has 5 heterocycles. The van der Waals surface area contributed by atoms with Crippen LogP contribution < -0.4 is 4.40 Å². The van der Waals surface area contributed by atoms with Crippen molar-refractivity contribution in [3.8, 4) is 22.5 Å². The Morgan fingerprint density at radius 1 is 0.837 bits per heavy atom. The fourth-order valence-electron chi connectivity index (χ4n) is 6.99. The summed E-state index contributed by atoms with van der Waals surface area (Å²) in [7, 11) is 0. The fraction of sp³-hybridized carbons (Fsp3) is 0.381. The van der Waals surface area contributed by atoms with E-state index in [1.54, 1.807) is 0 Å². The Bertz CT molecular complexity index is 2060. The zero-order chi connectivity index (χ0) is 34.0. The van der Waals surface area contributed by atoms with Gasteiger partial charge >= 0.3 is 138 Å². The molecule has 1 fully saturated rings. The Kier molecular flexibility index (Phi) is 11.9. The quantitative estimate of drug-likeness (QED) is 0.123. The normalized spacial score (nSPS) is 13.7. The minimum atomic E-state index is -1.90. The molecule has 5 aromatic heterocycles. The topological polar surface area (TPSA) is 64.7 Å². The number of pyridine rings is 4. The van der Waals surface area contributed by atoms with Gasteiger partial charge in [-0.15, -0.1) is 18.2 Å². The largest absolute Gasteiger partial charge is 0.486 e. The van der Waals surface area contributed by atoms with Crippen LogP contribution in [0.5, 0.6) is 0 Å². The average molecular weight is 890 g/mol. The Morgan fingerprint density at radius 2 is 1.59 bits per heavy atom. The maximum Gasteiger partial charge on any atom is 0.216 e. The summed E-state index contributed by atoms with van der Waals surface area (Å²) in [5.41, 5.74) is 11.3. The van der Waals surface area contributed by atoms with Crippen LogP contribution in [0.15, 0.2) is 65.3 Å². The Labute approximate surface area is 308 Å². The van der Waals surface area contributed by atoms with Crippen molar-refractivity contribution in [1.29, 1.82) is 0 Å². The smallest absolute Gasteiger partial charge is 0.216 e. The van der Waals surface area contributed by atoms with Gasteiger partial charge < -0.3 is 9.40 Å². The van der Waals surface area contributed by atoms with Crippen LogP contribution >= 0.6 is 0 Å². The van der Waals surface area contributed by atoms with Crippen LogP contribution in [0.2, 0.25) is 17.3 Å². The van der Waals surface area contributed by atoms with Gasteiger partial charge in [0.05, 0.1) is 5.58 Å². The first-order valence-electron chi connectivity index (χ1n) is 17.5. The molecule has 7 heteroatoms. The zero-order valence-electron chi connectivity index (χ0n) is 30.2. The van der Waals surface area contributed by atoms with Crippen molar-refractivity contribution < 1.29 is 24.5 Å². The molecule has 0 amide bonds. The van der Waals surface area contributed by atoms with Gasteiger partial charge in [0.15, 0.2) is 0 Å². The van der Waals surface area contributed by atoms with Gasteiger partial charge in [0.2, 0.25) is 5.71 Å². The molecule has 0 bridgehead atoms. The second-order valence-electron chi connectivity index (χ2n) is 14.9. The third-order valence-electron chi connectivity index (χ3n) is 9.37. The standard InChI is InChI=1S/C23H21N2O.C19H27GeN2.Ir/c1-15-10-11-19-18-8-5-9-20(22(18)26-23(19)25-15)21-14-17(12-13-24-21)16-6-3-2-4-7-16;1-13(2)10-16-11-19(21-12-18(16)20(5,6)7)17-9-8-14(3)22-15(17)4;/h5,8,10-14,16H,2-4,6-7H2,1H3;8,11-13H,10H2,1-7H3;/q2*-1;. The van der Waals surface area contributed by atoms with E-state index in [9.17, 15) is 0 Å². The predicted octanol–water partition coefficient (Wildman–Crippen LogP) is 10.5. The Morgan fingerprint density at radius 3 is 2.31 bits per heavy atom. The van der Waals surface area contributed by atoms with Crippen LogP contribution in [0.4, 0.5) is 0 Å². The molecular formula is C42H48GeIrN4O-2. The SMILES string of the molecule is Cc1c[c-]c(-c2cc(CC(C)C)[c]([Ge]([CH3])([CH3])[CH3])cn2)c(C)n1.Cc1ccc2c(n1)oc1c(-c3cc(C4CCCCC4)ccn3)[c-]ccc12.[Ir]. The van der Waals surface area contributed by atoms with Gasteiger partial charge in [0, 0.05) is 37.4 Å². The van der Waals surface area contributed by atoms with Crippen LogP contribution in [0.25, 0.3) is 44.6 Å². The molecule has 1 saturated carbocycles. The summed E-state index contributed by atoms with van der Waals surface area (Å²) in [6, 6.07) is 23.4. The molecular weight excluding hydrogens is 841 g/mol. The first-order valence-corrected chi connectivity index (χ1v) is 24.8. The molecule has 0 N–H and O–H groups in total. The minimum Gasteiger partial charge on any atom is -0.486 e. The van der Waals surface area contributed by atoms with E-state index in [-0.39, 0.29) is 20.1 Å². The molecule has 0 unspecified atom stereocenters. The van der Waals surface area contributed by atoms with Crippen molar-refractivity contribution in [2.24, 2.45) is 5.92 Å². The third kappa shape index (κ3) is 8.59. The molecule has 6 aromatic rings. The van der Waals surface area contributed by atoms with Gasteiger partial charge in [-0.3, -0.25) is 0 Å². The molecule has 0 aliphatic heterocycles. The maximum absolute atomic E-state index is 6.12. The van der Waals surface area contributed by atoms with Crippen LogP contribution in [0.3, 0.4) is 0 Å². The predicted molar refractivity (Wildman–Crippen MR) is 201 cm³/mol. The Hall–Kier alpha value is -3.19. The van der Waals surface area contributed by atoms with Gasteiger partial charge in [-0.05, 0) is 49.6 Å². The van der Waals surface area contributed by atoms with E-state index < -0.39 is 13.3 Å². The van der Waals surface area contributed by atoms with E-state index in [2.05, 4.69) is 88.7 Å². The van der Waals surface area contributed by atoms with Crippen LogP contribution in [-0.4, -0.2) is 33.2 Å². The van der Waals surface area contributed by atoms with Crippen LogP contribution in [-0.2, 0) is 26.5 Å². The number of benzene rings is 1. The van der Waals surface area contributed by atoms with Crippen molar-refractivity contribution in [1.82, 2.24) is 19.9 Å². The summed E-state index contributed by atoms with van der Waals surface area (Å²) in [5, 5.41) is 2.12. The summed E-state index contributed by atoms with van der Waals surface area (Å²) in [5.74, 6) is 8.62. The molecule has 1 aromatic carbocycles. The van der Waals surface area contributed by atoms with E-state index in [1.807, 2.05) is 51.2 Å². The average Bonchev–Trinajstić information content (AvgIpc) is 3.42. The van der Waals surface area contributed by atoms with Crippen molar-refractivity contribution >= 4 is 39.7 Å². The monoisotopic (exact) mass is 891 g/mol. The molecule has 1 aliphatic carbocycles. The Balaban J connectivity index is 0.000000190. The molecule has 1 radical (unpaired) electrons. The summed E-state index contributed by atoms with van der Waals surface area (Å²) in [6.45, 7) is 10.6. The first kappa shape index (κ1) is 37.1. The number of fused-ring (bicyclic) bond motifs is 3. The van der Waals surface area contributed by atoms with E-state index in [0.29, 0.717) is 17.5 Å². The molecule has 49 heavy (non-hydrogen) atoms. The molecule has 0 saturated heterocycles. The maximum atomic E-state index is 6.12. The van der Waals surface area contributed by atoms with E-state index in [1.165, 1.54) is 47.6 Å². The number of nitrogens with zero attached hydrogens (tertiary/aromatic N) is 4. The summed E-state index contributed by atoms with van der Waals surface area (Å²) in [4.78, 5) is 18.5. The molecule has 0 spiro atoms. The number of furan rings is 1.